The van der Waals surface area contributed by atoms with Gasteiger partial charge in [0.05, 0.1) is 15.2 Å². The third-order valence-electron chi connectivity index (χ3n) is 2.52. The molecule has 0 radical (unpaired) electrons. The second-order valence-corrected chi connectivity index (χ2v) is 5.63. The van der Waals surface area contributed by atoms with Gasteiger partial charge in [-0.05, 0) is 40.2 Å². The first-order chi connectivity index (χ1) is 9.38. The van der Waals surface area contributed by atoms with Gasteiger partial charge in [-0.2, -0.15) is 0 Å². The molecule has 0 spiro atoms. The molecule has 2 aromatic rings. The molecule has 0 aliphatic carbocycles. The molecule has 0 heterocycles. The topological polar surface area (TPSA) is 38.0 Å². The van der Waals surface area contributed by atoms with Crippen LogP contribution in [0, 0.1) is 11.6 Å². The molecule has 2 rings (SSSR count). The van der Waals surface area contributed by atoms with Crippen molar-refractivity contribution in [2.24, 2.45) is 5.73 Å². The van der Waals surface area contributed by atoms with Gasteiger partial charge >= 0.3 is 0 Å². The van der Waals surface area contributed by atoms with Crippen LogP contribution < -0.4 is 11.1 Å². The van der Waals surface area contributed by atoms with Crippen LogP contribution in [0.2, 0.25) is 5.02 Å². The molecular formula is C13H8BrClF2N2S. The number of hydrogen-bond donors (Lipinski definition) is 2. The fourth-order valence-corrected chi connectivity index (χ4v) is 2.40. The lowest BCUT2D eigenvalue weighted by atomic mass is 10.2. The van der Waals surface area contributed by atoms with Crippen molar-refractivity contribution in [1.29, 1.82) is 0 Å². The lowest BCUT2D eigenvalue weighted by Gasteiger charge is -2.10. The summed E-state index contributed by atoms with van der Waals surface area (Å²) in [6.07, 6.45) is 0. The summed E-state index contributed by atoms with van der Waals surface area (Å²) in [6, 6.07) is 6.87. The van der Waals surface area contributed by atoms with Gasteiger partial charge in [-0.1, -0.05) is 23.8 Å². The fraction of sp³-hybridized carbons (Fsp3) is 0. The highest BCUT2D eigenvalue weighted by atomic mass is 79.9. The Labute approximate surface area is 133 Å². The van der Waals surface area contributed by atoms with E-state index in [1.807, 2.05) is 0 Å². The van der Waals surface area contributed by atoms with Gasteiger partial charge in [0.1, 0.15) is 16.6 Å². The molecule has 0 aromatic heterocycles. The highest BCUT2D eigenvalue weighted by Gasteiger charge is 2.10. The van der Waals surface area contributed by atoms with E-state index in [9.17, 15) is 8.78 Å². The van der Waals surface area contributed by atoms with Crippen LogP contribution in [0.3, 0.4) is 0 Å². The summed E-state index contributed by atoms with van der Waals surface area (Å²) < 4.78 is 27.1. The Morgan fingerprint density at radius 1 is 1.20 bits per heavy atom. The molecule has 104 valence electrons. The Kier molecular flexibility index (Phi) is 4.57. The first-order valence-corrected chi connectivity index (χ1v) is 6.97. The van der Waals surface area contributed by atoms with E-state index in [-0.39, 0.29) is 15.1 Å². The average Bonchev–Trinajstić information content (AvgIpc) is 2.35. The number of benzene rings is 2. The Morgan fingerprint density at radius 3 is 2.50 bits per heavy atom. The van der Waals surface area contributed by atoms with Crippen LogP contribution in [0.15, 0.2) is 34.8 Å². The monoisotopic (exact) mass is 376 g/mol. The number of nitrogens with one attached hydrogen (secondary N) is 1. The van der Waals surface area contributed by atoms with Crippen LogP contribution in [0.4, 0.5) is 20.2 Å². The van der Waals surface area contributed by atoms with E-state index in [1.165, 1.54) is 6.07 Å². The van der Waals surface area contributed by atoms with Gasteiger partial charge in [-0.25, -0.2) is 8.78 Å². The summed E-state index contributed by atoms with van der Waals surface area (Å²) in [6.45, 7) is 0. The van der Waals surface area contributed by atoms with E-state index >= 15 is 0 Å². The van der Waals surface area contributed by atoms with Crippen molar-refractivity contribution in [1.82, 2.24) is 0 Å². The summed E-state index contributed by atoms with van der Waals surface area (Å²) >= 11 is 13.7. The molecule has 20 heavy (non-hydrogen) atoms. The minimum atomic E-state index is -0.590. The third-order valence-corrected chi connectivity index (χ3v) is 3.66. The summed E-state index contributed by atoms with van der Waals surface area (Å²) in [5.41, 5.74) is 6.51. The third kappa shape index (κ3) is 3.26. The molecule has 0 bridgehead atoms. The van der Waals surface area contributed by atoms with Crippen molar-refractivity contribution in [3.05, 3.63) is 57.0 Å². The van der Waals surface area contributed by atoms with Gasteiger partial charge in [0.25, 0.3) is 0 Å². The fourth-order valence-electron chi connectivity index (χ4n) is 1.57. The van der Waals surface area contributed by atoms with Crippen molar-refractivity contribution < 1.29 is 8.78 Å². The molecule has 0 saturated heterocycles. The van der Waals surface area contributed by atoms with Crippen molar-refractivity contribution in [2.75, 3.05) is 5.32 Å². The average molecular weight is 378 g/mol. The van der Waals surface area contributed by atoms with Gasteiger partial charge in [0.15, 0.2) is 0 Å². The van der Waals surface area contributed by atoms with E-state index in [0.717, 1.165) is 12.1 Å². The molecule has 0 atom stereocenters. The van der Waals surface area contributed by atoms with Crippen molar-refractivity contribution in [3.63, 3.8) is 0 Å². The molecular weight excluding hydrogens is 370 g/mol. The zero-order valence-electron chi connectivity index (χ0n) is 9.88. The van der Waals surface area contributed by atoms with E-state index in [1.54, 1.807) is 12.1 Å². The number of nitrogens with two attached hydrogens (primary N) is 1. The summed E-state index contributed by atoms with van der Waals surface area (Å²) in [5.74, 6) is -1.16. The molecule has 0 saturated carbocycles. The van der Waals surface area contributed by atoms with E-state index in [0.29, 0.717) is 16.3 Å². The minimum absolute atomic E-state index is 0.00448. The predicted octanol–water partition coefficient (Wildman–Crippen LogP) is 4.76. The van der Waals surface area contributed by atoms with E-state index < -0.39 is 11.6 Å². The lowest BCUT2D eigenvalue weighted by molar-refractivity contribution is 0.598. The molecule has 0 fully saturated rings. The lowest BCUT2D eigenvalue weighted by Crippen LogP contribution is -2.10. The second-order valence-electron chi connectivity index (χ2n) is 3.93. The maximum Gasteiger partial charge on any atom is 0.147 e. The van der Waals surface area contributed by atoms with E-state index in [2.05, 4.69) is 21.2 Å². The molecule has 2 aromatic carbocycles. The molecule has 0 unspecified atom stereocenters. The van der Waals surface area contributed by atoms with Crippen LogP contribution in [0.1, 0.15) is 5.56 Å². The Balaban J connectivity index is 2.33. The number of thiocarbonyl (C=S) groups is 1. The quantitative estimate of drug-likeness (QED) is 0.598. The molecule has 0 aliphatic heterocycles. The Hall–Kier alpha value is -1.24. The van der Waals surface area contributed by atoms with Crippen molar-refractivity contribution in [2.45, 2.75) is 0 Å². The second kappa shape index (κ2) is 6.03. The number of anilines is 2. The van der Waals surface area contributed by atoms with Crippen LogP contribution in [-0.2, 0) is 0 Å². The highest BCUT2D eigenvalue weighted by molar-refractivity contribution is 9.10. The zero-order valence-corrected chi connectivity index (χ0v) is 13.0. The Bertz CT molecular complexity index is 694. The molecule has 3 N–H and O–H groups in total. The summed E-state index contributed by atoms with van der Waals surface area (Å²) in [5, 5.41) is 3.08. The largest absolute Gasteiger partial charge is 0.389 e. The van der Waals surface area contributed by atoms with Crippen LogP contribution in [-0.4, -0.2) is 4.99 Å². The Morgan fingerprint density at radius 2 is 1.90 bits per heavy atom. The van der Waals surface area contributed by atoms with Crippen LogP contribution in [0.25, 0.3) is 0 Å². The number of rotatable bonds is 3. The predicted molar refractivity (Wildman–Crippen MR) is 84.7 cm³/mol. The number of halogens is 4. The van der Waals surface area contributed by atoms with Gasteiger partial charge in [0.2, 0.25) is 0 Å². The normalized spacial score (nSPS) is 10.4. The summed E-state index contributed by atoms with van der Waals surface area (Å²) in [4.78, 5) is 0.169. The first-order valence-electron chi connectivity index (χ1n) is 5.39. The highest BCUT2D eigenvalue weighted by Crippen LogP contribution is 2.28. The molecule has 7 heteroatoms. The van der Waals surface area contributed by atoms with Gasteiger partial charge in [0, 0.05) is 17.3 Å². The van der Waals surface area contributed by atoms with Crippen LogP contribution >= 0.6 is 39.7 Å². The SMILES string of the molecule is NC(=S)c1ccc(Nc2cc(F)c(Br)cc2F)cc1Cl. The van der Waals surface area contributed by atoms with Crippen LogP contribution in [0.5, 0.6) is 0 Å². The molecule has 0 aliphatic rings. The van der Waals surface area contributed by atoms with Gasteiger partial charge < -0.3 is 11.1 Å². The van der Waals surface area contributed by atoms with Gasteiger partial charge in [-0.3, -0.25) is 0 Å². The first kappa shape index (κ1) is 15.2. The smallest absolute Gasteiger partial charge is 0.147 e. The maximum absolute atomic E-state index is 13.7. The van der Waals surface area contributed by atoms with E-state index in [4.69, 9.17) is 29.6 Å². The zero-order chi connectivity index (χ0) is 14.9. The standard InChI is InChI=1S/C13H8BrClF2N2S/c14-8-4-11(17)12(5-10(8)16)19-6-1-2-7(13(18)20)9(15)3-6/h1-5,19H,(H2,18,20). The van der Waals surface area contributed by atoms with Gasteiger partial charge in [-0.15, -0.1) is 0 Å². The molecule has 0 amide bonds. The summed E-state index contributed by atoms with van der Waals surface area (Å²) in [7, 11) is 0. The number of hydrogen-bond acceptors (Lipinski definition) is 2. The van der Waals surface area contributed by atoms with Crippen molar-refractivity contribution >= 4 is 56.1 Å². The van der Waals surface area contributed by atoms with Crippen molar-refractivity contribution in [3.8, 4) is 0 Å². The maximum atomic E-state index is 13.7. The molecule has 2 nitrogen and oxygen atoms in total. The minimum Gasteiger partial charge on any atom is -0.389 e.